The molecule has 0 radical (unpaired) electrons. The van der Waals surface area contributed by atoms with Gasteiger partial charge in [-0.15, -0.1) is 0 Å². The van der Waals surface area contributed by atoms with Crippen molar-refractivity contribution in [1.82, 2.24) is 30.7 Å². The first-order valence-electron chi connectivity index (χ1n) is 19.0. The van der Waals surface area contributed by atoms with E-state index in [0.29, 0.717) is 62.5 Å². The normalized spacial score (nSPS) is 17.0. The van der Waals surface area contributed by atoms with E-state index < -0.39 is 38.5 Å². The Bertz CT molecular complexity index is 1580. The van der Waals surface area contributed by atoms with Crippen LogP contribution in [-0.2, 0) is 39.3 Å². The Morgan fingerprint density at radius 3 is 0.982 bits per heavy atom. The molecule has 4 rings (SSSR count). The molecule has 1 aliphatic heterocycles. The van der Waals surface area contributed by atoms with Gasteiger partial charge in [0.15, 0.2) is 0 Å². The lowest BCUT2D eigenvalue weighted by Gasteiger charge is -2.33. The van der Waals surface area contributed by atoms with Crippen LogP contribution in [-0.4, -0.2) is 138 Å². The molecule has 12 N–H and O–H groups in total. The first-order chi connectivity index (χ1) is 26.3. The fourth-order valence-corrected chi connectivity index (χ4v) is 7.06. The molecule has 0 bridgehead atoms. The number of hydrogen-bond acceptors (Lipinski definition) is 15. The van der Waals surface area contributed by atoms with Crippen LogP contribution in [0.25, 0.3) is 0 Å². The molecule has 1 fully saturated rings. The van der Waals surface area contributed by atoms with E-state index in [1.165, 1.54) is 0 Å². The van der Waals surface area contributed by atoms with Crippen LogP contribution in [0.5, 0.6) is 17.2 Å². The number of phenolic OH excluding ortho intramolecular Hbond substituents is 3. The van der Waals surface area contributed by atoms with Crippen molar-refractivity contribution in [3.8, 4) is 17.2 Å². The monoisotopic (exact) mass is 770 g/mol. The summed E-state index contributed by atoms with van der Waals surface area (Å²) in [6.07, 6.45) is -2.49. The third-order valence-corrected chi connectivity index (χ3v) is 9.94. The van der Waals surface area contributed by atoms with Crippen LogP contribution in [0, 0.1) is 20.8 Å². The van der Waals surface area contributed by atoms with E-state index in [1.54, 1.807) is 0 Å². The highest BCUT2D eigenvalue weighted by Gasteiger charge is 2.21. The summed E-state index contributed by atoms with van der Waals surface area (Å²) in [6.45, 7) is 10.6. The first kappa shape index (κ1) is 44.3. The number of rotatable bonds is 18. The fourth-order valence-electron chi connectivity index (χ4n) is 7.06. The lowest BCUT2D eigenvalue weighted by atomic mass is 10.0. The largest absolute Gasteiger partial charge is 0.507 e. The zero-order chi connectivity index (χ0) is 40.1. The van der Waals surface area contributed by atoms with Crippen molar-refractivity contribution in [2.24, 2.45) is 0 Å². The fraction of sp³-hybridized carbons (Fsp3) is 0.550. The number of aliphatic hydroxyl groups is 6. The van der Waals surface area contributed by atoms with Crippen LogP contribution in [0.4, 0.5) is 0 Å². The predicted molar refractivity (Wildman–Crippen MR) is 209 cm³/mol. The van der Waals surface area contributed by atoms with E-state index >= 15 is 0 Å². The Morgan fingerprint density at radius 2 is 0.709 bits per heavy atom. The second-order valence-electron chi connectivity index (χ2n) is 14.7. The SMILES string of the molecule is Cc1cc(CNC(O)CO)c(O)c(CN2CCCN(Cc3cc(C)cc(CNC(O)CO)c3O)CCN(Cc3cc(C)cc(CNC(O)CO)c3O)CC2)c1. The number of aliphatic hydroxyl groups excluding tert-OH is 6. The Morgan fingerprint density at radius 1 is 0.455 bits per heavy atom. The van der Waals surface area contributed by atoms with Crippen molar-refractivity contribution in [2.45, 2.75) is 85.1 Å². The number of aromatic hydroxyl groups is 3. The number of benzene rings is 3. The molecule has 3 unspecified atom stereocenters. The summed E-state index contributed by atoms with van der Waals surface area (Å²) in [6, 6.07) is 11.5. The Hall–Kier alpha value is -3.42. The van der Waals surface area contributed by atoms with Gasteiger partial charge in [-0.05, 0) is 40.3 Å². The molecular formula is C40H62N6O9. The third kappa shape index (κ3) is 13.6. The minimum absolute atomic E-state index is 0.128. The molecule has 0 saturated carbocycles. The molecule has 1 heterocycles. The molecule has 15 heteroatoms. The van der Waals surface area contributed by atoms with Crippen LogP contribution >= 0.6 is 0 Å². The summed E-state index contributed by atoms with van der Waals surface area (Å²) < 4.78 is 0. The van der Waals surface area contributed by atoms with Gasteiger partial charge in [0.2, 0.25) is 0 Å². The van der Waals surface area contributed by atoms with Crippen molar-refractivity contribution in [3.63, 3.8) is 0 Å². The van der Waals surface area contributed by atoms with Gasteiger partial charge in [-0.3, -0.25) is 30.7 Å². The van der Waals surface area contributed by atoms with E-state index in [1.807, 2.05) is 57.2 Å². The smallest absolute Gasteiger partial charge is 0.128 e. The summed E-state index contributed by atoms with van der Waals surface area (Å²) >= 11 is 0. The molecule has 3 aromatic carbocycles. The van der Waals surface area contributed by atoms with Crippen molar-refractivity contribution in [1.29, 1.82) is 0 Å². The summed E-state index contributed by atoms with van der Waals surface area (Å²) in [5.41, 5.74) is 6.99. The lowest BCUT2D eigenvalue weighted by Crippen LogP contribution is -2.42. The molecule has 15 nitrogen and oxygen atoms in total. The molecule has 0 aliphatic carbocycles. The first-order valence-corrected chi connectivity index (χ1v) is 19.0. The van der Waals surface area contributed by atoms with Crippen LogP contribution in [0.2, 0.25) is 0 Å². The number of nitrogens with one attached hydrogen (secondary N) is 3. The summed E-state index contributed by atoms with van der Waals surface area (Å²) in [7, 11) is 0. The van der Waals surface area contributed by atoms with Crippen molar-refractivity contribution < 1.29 is 46.0 Å². The van der Waals surface area contributed by atoms with Crippen molar-refractivity contribution >= 4 is 0 Å². The van der Waals surface area contributed by atoms with Crippen LogP contribution < -0.4 is 16.0 Å². The van der Waals surface area contributed by atoms with Gasteiger partial charge in [0.1, 0.15) is 35.9 Å². The van der Waals surface area contributed by atoms with Gasteiger partial charge in [-0.25, -0.2) is 0 Å². The van der Waals surface area contributed by atoms with Crippen molar-refractivity contribution in [2.75, 3.05) is 59.1 Å². The van der Waals surface area contributed by atoms with Gasteiger partial charge in [-0.1, -0.05) is 53.1 Å². The summed E-state index contributed by atoms with van der Waals surface area (Å²) in [5.74, 6) is 0.411. The zero-order valence-corrected chi connectivity index (χ0v) is 32.4. The predicted octanol–water partition coefficient (Wildman–Crippen LogP) is 0.140. The van der Waals surface area contributed by atoms with Crippen LogP contribution in [0.15, 0.2) is 36.4 Å². The molecular weight excluding hydrogens is 708 g/mol. The molecule has 3 aromatic rings. The van der Waals surface area contributed by atoms with Gasteiger partial charge in [-0.2, -0.15) is 0 Å². The Kier molecular flexibility index (Phi) is 17.5. The van der Waals surface area contributed by atoms with Gasteiger partial charge in [0.25, 0.3) is 0 Å². The van der Waals surface area contributed by atoms with E-state index in [9.17, 15) is 46.0 Å². The Balaban J connectivity index is 1.60. The molecule has 55 heavy (non-hydrogen) atoms. The average molecular weight is 771 g/mol. The second-order valence-corrected chi connectivity index (χ2v) is 14.7. The molecule has 1 saturated heterocycles. The maximum absolute atomic E-state index is 11.3. The topological polar surface area (TPSA) is 228 Å². The molecule has 306 valence electrons. The highest BCUT2D eigenvalue weighted by atomic mass is 16.3. The van der Waals surface area contributed by atoms with Gasteiger partial charge in [0, 0.05) is 98.8 Å². The van der Waals surface area contributed by atoms with E-state index in [4.69, 9.17) is 0 Å². The number of hydrogen-bond donors (Lipinski definition) is 12. The maximum atomic E-state index is 11.3. The zero-order valence-electron chi connectivity index (χ0n) is 32.4. The second kappa shape index (κ2) is 21.8. The molecule has 0 amide bonds. The van der Waals surface area contributed by atoms with Crippen LogP contribution in [0.3, 0.4) is 0 Å². The molecule has 0 aromatic heterocycles. The third-order valence-electron chi connectivity index (χ3n) is 9.94. The molecule has 1 aliphatic rings. The van der Waals surface area contributed by atoms with Gasteiger partial charge >= 0.3 is 0 Å². The number of nitrogens with zero attached hydrogens (tertiary/aromatic N) is 3. The van der Waals surface area contributed by atoms with Gasteiger partial charge in [0.05, 0.1) is 19.8 Å². The maximum Gasteiger partial charge on any atom is 0.128 e. The van der Waals surface area contributed by atoms with Gasteiger partial charge < -0.3 is 46.0 Å². The minimum atomic E-state index is -1.11. The van der Waals surface area contributed by atoms with Crippen LogP contribution in [0.1, 0.15) is 56.5 Å². The highest BCUT2D eigenvalue weighted by molar-refractivity contribution is 5.45. The minimum Gasteiger partial charge on any atom is -0.507 e. The molecule has 3 atom stereocenters. The summed E-state index contributed by atoms with van der Waals surface area (Å²) in [4.78, 5) is 6.88. The van der Waals surface area contributed by atoms with E-state index in [2.05, 4.69) is 30.7 Å². The number of phenols is 3. The highest BCUT2D eigenvalue weighted by Crippen LogP contribution is 2.29. The van der Waals surface area contributed by atoms with E-state index in [-0.39, 0.29) is 36.9 Å². The number of aryl methyl sites for hydroxylation is 3. The molecule has 0 spiro atoms. The Labute approximate surface area is 324 Å². The van der Waals surface area contributed by atoms with E-state index in [0.717, 1.165) is 52.9 Å². The van der Waals surface area contributed by atoms with Crippen molar-refractivity contribution in [3.05, 3.63) is 86.5 Å². The average Bonchev–Trinajstić information content (AvgIpc) is 3.16. The quantitative estimate of drug-likeness (QED) is 0.0773. The lowest BCUT2D eigenvalue weighted by molar-refractivity contribution is 0.0663. The summed E-state index contributed by atoms with van der Waals surface area (Å²) in [5, 5.41) is 99.7. The standard InChI is InChI=1S/C40H62N6O9/c1-26-11-29(17-41-35(50)23-47)38(53)32(14-26)20-44-5-4-6-45(21-33-15-27(2)12-30(39(33)54)18-42-36(51)24-48)8-10-46(9-7-44)22-34-16-28(3)13-31(40(34)55)19-43-37(52)25-49/h11-16,35-37,41-43,47-55H,4-10,17-25H2,1-3H3.